The fraction of sp³-hybridized carbons (Fsp3) is 0.261. The van der Waals surface area contributed by atoms with E-state index in [1.54, 1.807) is 6.20 Å². The smallest absolute Gasteiger partial charge is 0.226 e. The summed E-state index contributed by atoms with van der Waals surface area (Å²) in [5.74, 6) is 0.584. The number of rotatable bonds is 6. The first-order valence-electron chi connectivity index (χ1n) is 9.38. The molecule has 0 bridgehead atoms. The highest BCUT2D eigenvalue weighted by molar-refractivity contribution is 6.30. The van der Waals surface area contributed by atoms with E-state index in [2.05, 4.69) is 15.3 Å². The summed E-state index contributed by atoms with van der Waals surface area (Å²) in [6, 6.07) is 17.0. The first kappa shape index (κ1) is 20.8. The number of aromatic nitrogens is 2. The van der Waals surface area contributed by atoms with Crippen LogP contribution in [0.25, 0.3) is 0 Å². The minimum atomic E-state index is -0.561. The lowest BCUT2D eigenvalue weighted by Gasteiger charge is -2.25. The van der Waals surface area contributed by atoms with Gasteiger partial charge in [0.1, 0.15) is 18.1 Å². The van der Waals surface area contributed by atoms with Crippen molar-refractivity contribution >= 4 is 17.5 Å². The predicted octanol–water partition coefficient (Wildman–Crippen LogP) is 4.96. The molecule has 0 radical (unpaired) electrons. The van der Waals surface area contributed by atoms with Crippen molar-refractivity contribution in [1.82, 2.24) is 15.3 Å². The Morgan fingerprint density at radius 3 is 2.48 bits per heavy atom. The zero-order chi connectivity index (χ0) is 20.9. The molecule has 1 N–H and O–H groups in total. The Kier molecular flexibility index (Phi) is 6.49. The van der Waals surface area contributed by atoms with Crippen LogP contribution in [-0.2, 0) is 11.4 Å². The molecule has 0 spiro atoms. The average molecular weight is 410 g/mol. The van der Waals surface area contributed by atoms with Crippen molar-refractivity contribution in [2.75, 3.05) is 0 Å². The van der Waals surface area contributed by atoms with Crippen molar-refractivity contribution in [3.05, 3.63) is 89.0 Å². The zero-order valence-electron chi connectivity index (χ0n) is 16.7. The van der Waals surface area contributed by atoms with Gasteiger partial charge in [-0.15, -0.1) is 0 Å². The fourth-order valence-electron chi connectivity index (χ4n) is 2.71. The Hall–Kier alpha value is -2.92. The zero-order valence-corrected chi connectivity index (χ0v) is 17.5. The molecule has 5 nitrogen and oxygen atoms in total. The normalized spacial score (nSPS) is 12.3. The first-order valence-corrected chi connectivity index (χ1v) is 9.76. The molecular formula is C23H24ClN3O2. The summed E-state index contributed by atoms with van der Waals surface area (Å²) >= 11 is 6.29. The molecule has 1 atom stereocenters. The molecule has 0 aliphatic carbocycles. The molecule has 2 aromatic carbocycles. The quantitative estimate of drug-likeness (QED) is 0.624. The molecule has 29 heavy (non-hydrogen) atoms. The Morgan fingerprint density at radius 2 is 1.79 bits per heavy atom. The largest absolute Gasteiger partial charge is 0.489 e. The van der Waals surface area contributed by atoms with E-state index in [4.69, 9.17) is 16.3 Å². The molecule has 1 heterocycles. The molecule has 0 saturated heterocycles. The molecule has 3 aromatic rings. The van der Waals surface area contributed by atoms with E-state index >= 15 is 0 Å². The Balaban J connectivity index is 1.89. The molecular weight excluding hydrogens is 386 g/mol. The van der Waals surface area contributed by atoms with Crippen molar-refractivity contribution in [3.8, 4) is 5.75 Å². The van der Waals surface area contributed by atoms with Crippen molar-refractivity contribution in [1.29, 1.82) is 0 Å². The molecule has 1 aromatic heterocycles. The maximum absolute atomic E-state index is 12.7. The van der Waals surface area contributed by atoms with Crippen LogP contribution in [0, 0.1) is 5.41 Å². The number of nitrogens with one attached hydrogen (secondary N) is 1. The van der Waals surface area contributed by atoms with Gasteiger partial charge < -0.3 is 10.1 Å². The molecule has 0 aliphatic rings. The summed E-state index contributed by atoms with van der Waals surface area (Å²) in [7, 11) is 0. The van der Waals surface area contributed by atoms with Crippen LogP contribution in [0.5, 0.6) is 5.75 Å². The van der Waals surface area contributed by atoms with Gasteiger partial charge in [-0.25, -0.2) is 4.98 Å². The summed E-state index contributed by atoms with van der Waals surface area (Å²) in [6.45, 7) is 6.03. The van der Waals surface area contributed by atoms with Gasteiger partial charge in [-0.1, -0.05) is 74.8 Å². The van der Waals surface area contributed by atoms with Crippen LogP contribution in [0.2, 0.25) is 5.15 Å². The number of halogens is 1. The van der Waals surface area contributed by atoms with Crippen LogP contribution in [0.1, 0.15) is 43.6 Å². The summed E-state index contributed by atoms with van der Waals surface area (Å²) in [5.41, 5.74) is 1.82. The Morgan fingerprint density at radius 1 is 1.07 bits per heavy atom. The third-order valence-electron chi connectivity index (χ3n) is 4.35. The monoisotopic (exact) mass is 409 g/mol. The van der Waals surface area contributed by atoms with Crippen molar-refractivity contribution in [3.63, 3.8) is 0 Å². The van der Waals surface area contributed by atoms with Gasteiger partial charge in [0.15, 0.2) is 5.15 Å². The van der Waals surface area contributed by atoms with E-state index in [1.165, 1.54) is 6.20 Å². The van der Waals surface area contributed by atoms with Gasteiger partial charge in [0.2, 0.25) is 5.91 Å². The second kappa shape index (κ2) is 9.05. The molecule has 1 unspecified atom stereocenters. The number of amides is 1. The van der Waals surface area contributed by atoms with Crippen LogP contribution in [0.3, 0.4) is 0 Å². The minimum absolute atomic E-state index is 0.111. The number of hydrogen-bond acceptors (Lipinski definition) is 4. The lowest BCUT2D eigenvalue weighted by molar-refractivity contribution is -0.129. The van der Waals surface area contributed by atoms with Gasteiger partial charge in [-0.05, 0) is 23.3 Å². The highest BCUT2D eigenvalue weighted by atomic mass is 35.5. The molecule has 150 valence electrons. The van der Waals surface area contributed by atoms with Crippen LogP contribution < -0.4 is 10.1 Å². The number of carbonyl (C=O) groups is 1. The van der Waals surface area contributed by atoms with Crippen molar-refractivity contribution in [2.24, 2.45) is 5.41 Å². The second-order valence-electron chi connectivity index (χ2n) is 7.74. The van der Waals surface area contributed by atoms with Gasteiger partial charge in [-0.3, -0.25) is 9.78 Å². The number of nitrogens with zero attached hydrogens (tertiary/aromatic N) is 2. The number of benzene rings is 2. The molecule has 0 fully saturated rings. The number of ether oxygens (including phenoxy) is 1. The lowest BCUT2D eigenvalue weighted by Crippen LogP contribution is -2.38. The summed E-state index contributed by atoms with van der Waals surface area (Å²) < 4.78 is 5.94. The van der Waals surface area contributed by atoms with Crippen LogP contribution in [0.4, 0.5) is 0 Å². The fourth-order valence-corrected chi connectivity index (χ4v) is 2.92. The Labute approximate surface area is 176 Å². The predicted molar refractivity (Wildman–Crippen MR) is 114 cm³/mol. The van der Waals surface area contributed by atoms with Crippen LogP contribution in [0.15, 0.2) is 67.0 Å². The lowest BCUT2D eigenvalue weighted by atomic mass is 9.94. The van der Waals surface area contributed by atoms with Gasteiger partial charge in [0.05, 0.1) is 6.04 Å². The molecule has 3 rings (SSSR count). The second-order valence-corrected chi connectivity index (χ2v) is 8.09. The third-order valence-corrected chi connectivity index (χ3v) is 4.64. The molecule has 0 aliphatic heterocycles. The summed E-state index contributed by atoms with van der Waals surface area (Å²) in [5, 5.41) is 3.30. The van der Waals surface area contributed by atoms with Crippen LogP contribution in [-0.4, -0.2) is 15.9 Å². The third kappa shape index (κ3) is 5.55. The van der Waals surface area contributed by atoms with E-state index in [0.717, 1.165) is 11.1 Å². The minimum Gasteiger partial charge on any atom is -0.489 e. The van der Waals surface area contributed by atoms with E-state index in [1.807, 2.05) is 75.4 Å². The van der Waals surface area contributed by atoms with Gasteiger partial charge in [-0.2, -0.15) is 0 Å². The summed E-state index contributed by atoms with van der Waals surface area (Å²) in [6.07, 6.45) is 3.08. The van der Waals surface area contributed by atoms with Crippen molar-refractivity contribution < 1.29 is 9.53 Å². The maximum Gasteiger partial charge on any atom is 0.226 e. The van der Waals surface area contributed by atoms with E-state index in [9.17, 15) is 4.79 Å². The van der Waals surface area contributed by atoms with E-state index in [0.29, 0.717) is 18.1 Å². The van der Waals surface area contributed by atoms with Crippen molar-refractivity contribution in [2.45, 2.75) is 33.4 Å². The van der Waals surface area contributed by atoms with Crippen LogP contribution >= 0.6 is 11.6 Å². The maximum atomic E-state index is 12.7. The topological polar surface area (TPSA) is 64.1 Å². The van der Waals surface area contributed by atoms with E-state index < -0.39 is 11.5 Å². The van der Waals surface area contributed by atoms with Gasteiger partial charge >= 0.3 is 0 Å². The number of carbonyl (C=O) groups excluding carboxylic acids is 1. The van der Waals surface area contributed by atoms with Gasteiger partial charge in [0, 0.05) is 17.8 Å². The molecule has 6 heteroatoms. The summed E-state index contributed by atoms with van der Waals surface area (Å²) in [4.78, 5) is 21.2. The SMILES string of the molecule is CC(C)(C)C(=O)NC(c1cccc(OCc2ccccc2)c1)c1nccnc1Cl. The standard InChI is InChI=1S/C23H24ClN3O2/c1-23(2,3)22(28)27-19(20-21(24)26-13-12-25-20)17-10-7-11-18(14-17)29-15-16-8-5-4-6-9-16/h4-14,19H,15H2,1-3H3,(H,27,28). The average Bonchev–Trinajstić information content (AvgIpc) is 2.71. The Bertz CT molecular complexity index is 971. The highest BCUT2D eigenvalue weighted by Crippen LogP contribution is 2.29. The molecule has 0 saturated carbocycles. The molecule has 1 amide bonds. The first-order chi connectivity index (χ1) is 13.8. The number of hydrogen-bond donors (Lipinski definition) is 1. The van der Waals surface area contributed by atoms with E-state index in [-0.39, 0.29) is 11.1 Å². The van der Waals surface area contributed by atoms with Gasteiger partial charge in [0.25, 0.3) is 0 Å². The highest BCUT2D eigenvalue weighted by Gasteiger charge is 2.28.